The van der Waals surface area contributed by atoms with Crippen molar-refractivity contribution in [3.8, 4) is 0 Å². The number of anilines is 1. The number of rotatable bonds is 3. The number of amidine groups is 1. The number of hydrogen-bond donors (Lipinski definition) is 1. The summed E-state index contributed by atoms with van der Waals surface area (Å²) in [4.78, 5) is 11.1. The molecule has 1 heterocycles. The van der Waals surface area contributed by atoms with Crippen molar-refractivity contribution in [3.05, 3.63) is 23.8 Å². The van der Waals surface area contributed by atoms with Crippen LogP contribution >= 0.6 is 11.8 Å². The lowest BCUT2D eigenvalue weighted by Crippen LogP contribution is -2.20. The molecular weight excluding hydrogens is 284 g/mol. The predicted molar refractivity (Wildman–Crippen MR) is 77.2 cm³/mol. The van der Waals surface area contributed by atoms with Crippen LogP contribution in [0.5, 0.6) is 0 Å². The molecule has 0 amide bonds. The van der Waals surface area contributed by atoms with Crippen LogP contribution in [-0.2, 0) is 21.2 Å². The number of nitrogens with one attached hydrogen (secondary N) is 1. The van der Waals surface area contributed by atoms with E-state index >= 15 is 0 Å². The minimum absolute atomic E-state index is 0.0287. The van der Waals surface area contributed by atoms with Gasteiger partial charge in [-0.2, -0.15) is 8.42 Å². The Morgan fingerprint density at radius 1 is 1.42 bits per heavy atom. The number of sulfonamides is 1. The Kier molecular flexibility index (Phi) is 3.96. The van der Waals surface area contributed by atoms with Gasteiger partial charge in [-0.3, -0.25) is 4.79 Å². The van der Waals surface area contributed by atoms with Gasteiger partial charge in [0.1, 0.15) is 10.7 Å². The van der Waals surface area contributed by atoms with Crippen molar-refractivity contribution < 1.29 is 13.2 Å². The standard InChI is InChI=1S/C12H14N2O3S2/c1-3-9-4-5-10-11(6-9)19(16,17)14-12(13-10)18-7-8(2)15/h4-6H,3,7H2,1-2H3,(H,13,14). The van der Waals surface area contributed by atoms with Crippen LogP contribution in [0.3, 0.4) is 0 Å². The second-order valence-electron chi connectivity index (χ2n) is 4.17. The van der Waals surface area contributed by atoms with E-state index in [1.165, 1.54) is 6.92 Å². The van der Waals surface area contributed by atoms with E-state index in [-0.39, 0.29) is 21.6 Å². The van der Waals surface area contributed by atoms with Crippen molar-refractivity contribution in [3.63, 3.8) is 0 Å². The number of aryl methyl sites for hydroxylation is 1. The summed E-state index contributed by atoms with van der Waals surface area (Å²) in [6.45, 7) is 3.41. The highest BCUT2D eigenvalue weighted by molar-refractivity contribution is 8.15. The molecule has 1 aromatic rings. The number of carbonyl (C=O) groups excluding carboxylic acids is 1. The smallest absolute Gasteiger partial charge is 0.286 e. The number of nitrogens with zero attached hydrogens (tertiary/aromatic N) is 1. The molecule has 0 spiro atoms. The molecule has 0 bridgehead atoms. The van der Waals surface area contributed by atoms with Gasteiger partial charge in [0.25, 0.3) is 10.0 Å². The van der Waals surface area contributed by atoms with Crippen LogP contribution in [0.15, 0.2) is 27.5 Å². The maximum atomic E-state index is 12.1. The molecule has 0 unspecified atom stereocenters. The first-order chi connectivity index (χ1) is 8.92. The van der Waals surface area contributed by atoms with Crippen LogP contribution in [0.2, 0.25) is 0 Å². The molecule has 0 fully saturated rings. The van der Waals surface area contributed by atoms with Crippen LogP contribution < -0.4 is 5.32 Å². The molecule has 1 aromatic carbocycles. The van der Waals surface area contributed by atoms with Gasteiger partial charge in [-0.15, -0.1) is 4.40 Å². The molecule has 0 atom stereocenters. The lowest BCUT2D eigenvalue weighted by atomic mass is 10.1. The molecule has 0 saturated carbocycles. The minimum atomic E-state index is -3.68. The maximum absolute atomic E-state index is 12.1. The number of thioether (sulfide) groups is 1. The first-order valence-corrected chi connectivity index (χ1v) is 8.22. The summed E-state index contributed by atoms with van der Waals surface area (Å²) in [5.41, 5.74) is 1.46. The van der Waals surface area contributed by atoms with Crippen molar-refractivity contribution >= 4 is 38.4 Å². The van der Waals surface area contributed by atoms with Crippen molar-refractivity contribution in [2.75, 3.05) is 11.1 Å². The molecule has 19 heavy (non-hydrogen) atoms. The number of fused-ring (bicyclic) bond motifs is 1. The monoisotopic (exact) mass is 298 g/mol. The van der Waals surface area contributed by atoms with Gasteiger partial charge in [-0.25, -0.2) is 0 Å². The lowest BCUT2D eigenvalue weighted by Gasteiger charge is -2.18. The third kappa shape index (κ3) is 3.16. The Morgan fingerprint density at radius 3 is 2.79 bits per heavy atom. The van der Waals surface area contributed by atoms with Crippen LogP contribution in [0, 0.1) is 0 Å². The average molecular weight is 298 g/mol. The Balaban J connectivity index is 2.35. The Morgan fingerprint density at radius 2 is 2.16 bits per heavy atom. The summed E-state index contributed by atoms with van der Waals surface area (Å²) < 4.78 is 27.8. The molecule has 2 rings (SSSR count). The van der Waals surface area contributed by atoms with E-state index in [2.05, 4.69) is 9.71 Å². The highest BCUT2D eigenvalue weighted by Crippen LogP contribution is 2.30. The van der Waals surface area contributed by atoms with E-state index in [1.54, 1.807) is 12.1 Å². The van der Waals surface area contributed by atoms with Crippen LogP contribution in [0.4, 0.5) is 5.69 Å². The Bertz CT molecular complexity index is 651. The third-order valence-corrected chi connectivity index (χ3v) is 5.04. The fraction of sp³-hybridized carbons (Fsp3) is 0.333. The van der Waals surface area contributed by atoms with E-state index < -0.39 is 10.0 Å². The average Bonchev–Trinajstić information content (AvgIpc) is 2.35. The normalized spacial score (nSPS) is 16.2. The van der Waals surface area contributed by atoms with E-state index in [0.29, 0.717) is 5.69 Å². The zero-order chi connectivity index (χ0) is 14.0. The van der Waals surface area contributed by atoms with Gasteiger partial charge in [0.05, 0.1) is 11.4 Å². The molecule has 0 radical (unpaired) electrons. The second-order valence-corrected chi connectivity index (χ2v) is 6.71. The van der Waals surface area contributed by atoms with Gasteiger partial charge in [-0.1, -0.05) is 24.8 Å². The van der Waals surface area contributed by atoms with E-state index in [4.69, 9.17) is 0 Å². The number of carbonyl (C=O) groups is 1. The second kappa shape index (κ2) is 5.34. The molecule has 102 valence electrons. The highest BCUT2D eigenvalue weighted by Gasteiger charge is 2.25. The fourth-order valence-corrected chi connectivity index (χ4v) is 3.72. The van der Waals surface area contributed by atoms with Crippen molar-refractivity contribution in [1.82, 2.24) is 0 Å². The Labute approximate surface area is 116 Å². The quantitative estimate of drug-likeness (QED) is 0.924. The van der Waals surface area contributed by atoms with E-state index in [1.807, 2.05) is 13.0 Å². The largest absolute Gasteiger partial charge is 0.333 e. The lowest BCUT2D eigenvalue weighted by molar-refractivity contribution is -0.114. The minimum Gasteiger partial charge on any atom is -0.333 e. The topological polar surface area (TPSA) is 75.6 Å². The number of benzene rings is 1. The molecular formula is C12H14N2O3S2. The summed E-state index contributed by atoms with van der Waals surface area (Å²) in [5, 5.41) is 3.18. The summed E-state index contributed by atoms with van der Waals surface area (Å²) in [6.07, 6.45) is 0.762. The fourth-order valence-electron chi connectivity index (χ4n) is 1.63. The van der Waals surface area contributed by atoms with Crippen LogP contribution in [0.1, 0.15) is 19.4 Å². The number of hydrogen-bond acceptors (Lipinski definition) is 5. The van der Waals surface area contributed by atoms with Crippen molar-refractivity contribution in [2.24, 2.45) is 4.40 Å². The van der Waals surface area contributed by atoms with Gasteiger partial charge in [0, 0.05) is 0 Å². The molecule has 0 aromatic heterocycles. The zero-order valence-electron chi connectivity index (χ0n) is 10.6. The third-order valence-electron chi connectivity index (χ3n) is 2.59. The molecule has 1 aliphatic rings. The van der Waals surface area contributed by atoms with Gasteiger partial charge in [0.2, 0.25) is 0 Å². The van der Waals surface area contributed by atoms with E-state index in [9.17, 15) is 13.2 Å². The molecule has 7 heteroatoms. The molecule has 1 N–H and O–H groups in total. The molecule has 0 saturated heterocycles. The van der Waals surface area contributed by atoms with Gasteiger partial charge in [0.15, 0.2) is 5.17 Å². The predicted octanol–water partition coefficient (Wildman–Crippen LogP) is 2.04. The first-order valence-electron chi connectivity index (χ1n) is 5.79. The highest BCUT2D eigenvalue weighted by atomic mass is 32.2. The van der Waals surface area contributed by atoms with Crippen LogP contribution in [0.25, 0.3) is 0 Å². The van der Waals surface area contributed by atoms with Gasteiger partial charge >= 0.3 is 0 Å². The van der Waals surface area contributed by atoms with Crippen LogP contribution in [-0.4, -0.2) is 25.1 Å². The first kappa shape index (κ1) is 14.1. The summed E-state index contributed by atoms with van der Waals surface area (Å²) >= 11 is 1.09. The Hall–Kier alpha value is -1.34. The summed E-state index contributed by atoms with van der Waals surface area (Å²) in [6, 6.07) is 5.24. The molecule has 0 aliphatic carbocycles. The molecule has 5 nitrogen and oxygen atoms in total. The van der Waals surface area contributed by atoms with Crippen molar-refractivity contribution in [1.29, 1.82) is 0 Å². The number of Topliss-reactive ketones (excluding diaryl/α,β-unsaturated/α-hetero) is 1. The van der Waals surface area contributed by atoms with Crippen molar-refractivity contribution in [2.45, 2.75) is 25.2 Å². The van der Waals surface area contributed by atoms with Gasteiger partial charge in [-0.05, 0) is 31.0 Å². The van der Waals surface area contributed by atoms with E-state index in [0.717, 1.165) is 23.7 Å². The number of ketones is 1. The summed E-state index contributed by atoms with van der Waals surface area (Å²) in [7, 11) is -3.68. The maximum Gasteiger partial charge on any atom is 0.286 e. The SMILES string of the molecule is CCc1ccc2c(c1)S(=O)(=O)N=C(SCC(C)=O)N2. The summed E-state index contributed by atoms with van der Waals surface area (Å²) in [5.74, 6) is 0.169. The van der Waals surface area contributed by atoms with Gasteiger partial charge < -0.3 is 5.32 Å². The zero-order valence-corrected chi connectivity index (χ0v) is 12.3. The molecule has 1 aliphatic heterocycles.